The summed E-state index contributed by atoms with van der Waals surface area (Å²) < 4.78 is 11.2. The van der Waals surface area contributed by atoms with Gasteiger partial charge in [-0.25, -0.2) is 4.79 Å². The highest BCUT2D eigenvalue weighted by Gasteiger charge is 2.22. The van der Waals surface area contributed by atoms with Crippen LogP contribution in [0.1, 0.15) is 36.0 Å². The fourth-order valence-corrected chi connectivity index (χ4v) is 2.29. The molecule has 2 rings (SSSR count). The second kappa shape index (κ2) is 5.87. The summed E-state index contributed by atoms with van der Waals surface area (Å²) in [6, 6.07) is 6.54. The molecule has 98 valence electrons. The third-order valence-corrected chi connectivity index (χ3v) is 3.32. The Balaban J connectivity index is 1.94. The van der Waals surface area contributed by atoms with Crippen LogP contribution < -0.4 is 4.74 Å². The predicted molar refractivity (Wildman–Crippen MR) is 67.1 cm³/mol. The van der Waals surface area contributed by atoms with E-state index in [0.29, 0.717) is 0 Å². The molecule has 0 spiro atoms. The molecular formula is C14H18O4. The van der Waals surface area contributed by atoms with Crippen molar-refractivity contribution in [2.45, 2.75) is 37.9 Å². The first-order chi connectivity index (χ1) is 8.69. The summed E-state index contributed by atoms with van der Waals surface area (Å²) in [6.45, 7) is 0. The number of carboxylic acid groups (broad SMARTS) is 1. The molecule has 1 aliphatic carbocycles. The highest BCUT2D eigenvalue weighted by Crippen LogP contribution is 2.25. The highest BCUT2D eigenvalue weighted by atomic mass is 16.5. The first-order valence-electron chi connectivity index (χ1n) is 6.22. The summed E-state index contributed by atoms with van der Waals surface area (Å²) in [5, 5.41) is 8.81. The Morgan fingerprint density at radius 2 is 1.89 bits per heavy atom. The van der Waals surface area contributed by atoms with E-state index >= 15 is 0 Å². The molecule has 1 fully saturated rings. The quantitative estimate of drug-likeness (QED) is 0.892. The predicted octanol–water partition coefficient (Wildman–Crippen LogP) is 2.72. The van der Waals surface area contributed by atoms with Gasteiger partial charge in [0, 0.05) is 13.5 Å². The Morgan fingerprint density at radius 1 is 1.22 bits per heavy atom. The molecule has 4 heteroatoms. The molecule has 1 N–H and O–H groups in total. The molecule has 0 aromatic heterocycles. The lowest BCUT2D eigenvalue weighted by molar-refractivity contribution is 0.0210. The summed E-state index contributed by atoms with van der Waals surface area (Å²) in [5.41, 5.74) is 0.278. The molecule has 0 heterocycles. The zero-order chi connectivity index (χ0) is 13.0. The molecule has 0 amide bonds. The molecular weight excluding hydrogens is 232 g/mol. The first kappa shape index (κ1) is 12.9. The van der Waals surface area contributed by atoms with Gasteiger partial charge in [-0.1, -0.05) is 0 Å². The molecule has 0 saturated heterocycles. The minimum Gasteiger partial charge on any atom is -0.490 e. The molecule has 4 nitrogen and oxygen atoms in total. The van der Waals surface area contributed by atoms with Gasteiger partial charge in [-0.15, -0.1) is 0 Å². The van der Waals surface area contributed by atoms with Crippen LogP contribution in [0.15, 0.2) is 24.3 Å². The standard InChI is InChI=1S/C14H18O4/c1-17-12-3-2-4-13(9-12)18-11-7-5-10(6-8-11)14(15)16/h5-8,12-13H,2-4,9H2,1H3,(H,15,16). The van der Waals surface area contributed by atoms with E-state index in [4.69, 9.17) is 14.6 Å². The van der Waals surface area contributed by atoms with Crippen molar-refractivity contribution in [2.75, 3.05) is 7.11 Å². The van der Waals surface area contributed by atoms with Crippen LogP contribution >= 0.6 is 0 Å². The number of ether oxygens (including phenoxy) is 2. The Hall–Kier alpha value is -1.55. The van der Waals surface area contributed by atoms with Gasteiger partial charge in [0.25, 0.3) is 0 Å². The van der Waals surface area contributed by atoms with Crippen LogP contribution in [0.3, 0.4) is 0 Å². The van der Waals surface area contributed by atoms with Gasteiger partial charge in [0.05, 0.1) is 11.7 Å². The lowest BCUT2D eigenvalue weighted by Crippen LogP contribution is -2.29. The first-order valence-corrected chi connectivity index (χ1v) is 6.22. The number of aromatic carboxylic acids is 1. The zero-order valence-electron chi connectivity index (χ0n) is 10.5. The van der Waals surface area contributed by atoms with E-state index in [2.05, 4.69) is 0 Å². The second-order valence-electron chi connectivity index (χ2n) is 4.59. The van der Waals surface area contributed by atoms with Crippen molar-refractivity contribution in [3.8, 4) is 5.75 Å². The SMILES string of the molecule is COC1CCCC(Oc2ccc(C(=O)O)cc2)C1. The fourth-order valence-electron chi connectivity index (χ4n) is 2.29. The third kappa shape index (κ3) is 3.23. The molecule has 2 unspecified atom stereocenters. The smallest absolute Gasteiger partial charge is 0.335 e. The number of hydrogen-bond donors (Lipinski definition) is 1. The van der Waals surface area contributed by atoms with E-state index in [1.165, 1.54) is 0 Å². The van der Waals surface area contributed by atoms with Gasteiger partial charge in [0.2, 0.25) is 0 Å². The van der Waals surface area contributed by atoms with Gasteiger partial charge in [-0.3, -0.25) is 0 Å². The largest absolute Gasteiger partial charge is 0.490 e. The van der Waals surface area contributed by atoms with Gasteiger partial charge >= 0.3 is 5.97 Å². The zero-order valence-corrected chi connectivity index (χ0v) is 10.5. The minimum absolute atomic E-state index is 0.166. The van der Waals surface area contributed by atoms with Crippen LogP contribution in [0.4, 0.5) is 0 Å². The number of carbonyl (C=O) groups is 1. The second-order valence-corrected chi connectivity index (χ2v) is 4.59. The maximum atomic E-state index is 10.7. The van der Waals surface area contributed by atoms with E-state index in [0.717, 1.165) is 31.4 Å². The van der Waals surface area contributed by atoms with Crippen LogP contribution in [-0.4, -0.2) is 30.4 Å². The average molecular weight is 250 g/mol. The van der Waals surface area contributed by atoms with Crippen LogP contribution in [0.25, 0.3) is 0 Å². The van der Waals surface area contributed by atoms with Crippen LogP contribution in [-0.2, 0) is 4.74 Å². The van der Waals surface area contributed by atoms with Crippen molar-refractivity contribution in [3.05, 3.63) is 29.8 Å². The lowest BCUT2D eigenvalue weighted by atomic mass is 9.95. The van der Waals surface area contributed by atoms with Crippen molar-refractivity contribution < 1.29 is 19.4 Å². The summed E-state index contributed by atoms with van der Waals surface area (Å²) in [7, 11) is 1.73. The van der Waals surface area contributed by atoms with Crippen molar-refractivity contribution in [2.24, 2.45) is 0 Å². The fraction of sp³-hybridized carbons (Fsp3) is 0.500. The Labute approximate surface area is 107 Å². The Morgan fingerprint density at radius 3 is 2.50 bits per heavy atom. The van der Waals surface area contributed by atoms with Gasteiger partial charge in [-0.2, -0.15) is 0 Å². The van der Waals surface area contributed by atoms with Crippen molar-refractivity contribution in [1.29, 1.82) is 0 Å². The molecule has 2 atom stereocenters. The summed E-state index contributed by atoms with van der Waals surface area (Å²) in [6.07, 6.45) is 4.57. The highest BCUT2D eigenvalue weighted by molar-refractivity contribution is 5.87. The number of hydrogen-bond acceptors (Lipinski definition) is 3. The van der Waals surface area contributed by atoms with Crippen molar-refractivity contribution in [3.63, 3.8) is 0 Å². The maximum Gasteiger partial charge on any atom is 0.335 e. The monoisotopic (exact) mass is 250 g/mol. The van der Waals surface area contributed by atoms with E-state index in [-0.39, 0.29) is 17.8 Å². The van der Waals surface area contributed by atoms with Crippen LogP contribution in [0.5, 0.6) is 5.75 Å². The lowest BCUT2D eigenvalue weighted by Gasteiger charge is -2.28. The van der Waals surface area contributed by atoms with Crippen molar-refractivity contribution in [1.82, 2.24) is 0 Å². The molecule has 1 saturated carbocycles. The van der Waals surface area contributed by atoms with E-state index in [1.54, 1.807) is 31.4 Å². The Bertz CT molecular complexity index is 399. The molecule has 0 bridgehead atoms. The van der Waals surface area contributed by atoms with E-state index in [1.807, 2.05) is 0 Å². The normalized spacial score (nSPS) is 23.6. The molecule has 1 aliphatic rings. The van der Waals surface area contributed by atoms with Crippen LogP contribution in [0.2, 0.25) is 0 Å². The molecule has 0 aliphatic heterocycles. The number of benzene rings is 1. The molecule has 0 radical (unpaired) electrons. The Kier molecular flexibility index (Phi) is 4.20. The van der Waals surface area contributed by atoms with Crippen molar-refractivity contribution >= 4 is 5.97 Å². The van der Waals surface area contributed by atoms with Crippen LogP contribution in [0, 0.1) is 0 Å². The minimum atomic E-state index is -0.918. The summed E-state index contributed by atoms with van der Waals surface area (Å²) in [5.74, 6) is -0.194. The molecule has 18 heavy (non-hydrogen) atoms. The topological polar surface area (TPSA) is 55.8 Å². The van der Waals surface area contributed by atoms with E-state index in [9.17, 15) is 4.79 Å². The van der Waals surface area contributed by atoms with E-state index < -0.39 is 5.97 Å². The number of carboxylic acids is 1. The molecule has 1 aromatic carbocycles. The van der Waals surface area contributed by atoms with Gasteiger partial charge < -0.3 is 14.6 Å². The maximum absolute atomic E-state index is 10.7. The van der Waals surface area contributed by atoms with Gasteiger partial charge in [-0.05, 0) is 43.5 Å². The number of methoxy groups -OCH3 is 1. The molecule has 1 aromatic rings. The summed E-state index contributed by atoms with van der Waals surface area (Å²) in [4.78, 5) is 10.7. The van der Waals surface area contributed by atoms with Gasteiger partial charge in [0.1, 0.15) is 11.9 Å². The average Bonchev–Trinajstić information content (AvgIpc) is 2.39. The van der Waals surface area contributed by atoms with Gasteiger partial charge in [0.15, 0.2) is 0 Å². The number of rotatable bonds is 4. The third-order valence-electron chi connectivity index (χ3n) is 3.32. The summed E-state index contributed by atoms with van der Waals surface area (Å²) >= 11 is 0.